The third kappa shape index (κ3) is 7.19. The number of rotatable bonds is 6. The highest BCUT2D eigenvalue weighted by Crippen LogP contribution is 2.15. The molecule has 3 rings (SSSR count). The second-order valence-corrected chi connectivity index (χ2v) is 7.59. The van der Waals surface area contributed by atoms with E-state index in [1.54, 1.807) is 12.1 Å². The number of ether oxygens (including phenoxy) is 1. The van der Waals surface area contributed by atoms with Crippen LogP contribution in [0.4, 0.5) is 0 Å². The van der Waals surface area contributed by atoms with Gasteiger partial charge in [0.25, 0.3) is 0 Å². The summed E-state index contributed by atoms with van der Waals surface area (Å²) in [4.78, 5) is 12.4. The minimum Gasteiger partial charge on any atom is -0.423 e. The molecule has 0 saturated carbocycles. The maximum atomic E-state index is 12.4. The van der Waals surface area contributed by atoms with Gasteiger partial charge in [-0.25, -0.2) is 4.79 Å². The zero-order valence-corrected chi connectivity index (χ0v) is 18.8. The molecule has 0 unspecified atom stereocenters. The van der Waals surface area contributed by atoms with Crippen molar-refractivity contribution in [1.82, 2.24) is 0 Å². The first-order chi connectivity index (χ1) is 15.7. The summed E-state index contributed by atoms with van der Waals surface area (Å²) in [6.45, 7) is 4.29. The molecule has 0 aliphatic carbocycles. The Morgan fingerprint density at radius 3 is 1.84 bits per heavy atom. The standard InChI is InChI=1S/C30H28O2/c1-3-5-7-9-25-10-12-26(13-11-25)14-15-27-18-22-29(23-19-27)32-30(31)28-20-16-24(17-21-28)8-6-4-2/h10-13,16-23H,3-6,8H2,1-2H3. The Labute approximate surface area is 191 Å². The van der Waals surface area contributed by atoms with Gasteiger partial charge in [0.15, 0.2) is 0 Å². The van der Waals surface area contributed by atoms with E-state index in [4.69, 9.17) is 4.74 Å². The maximum Gasteiger partial charge on any atom is 0.343 e. The molecule has 0 aliphatic rings. The van der Waals surface area contributed by atoms with Crippen LogP contribution >= 0.6 is 0 Å². The molecule has 3 aromatic rings. The van der Waals surface area contributed by atoms with E-state index in [0.717, 1.165) is 48.8 Å². The lowest BCUT2D eigenvalue weighted by atomic mass is 10.1. The van der Waals surface area contributed by atoms with Gasteiger partial charge in [0.1, 0.15) is 5.75 Å². The molecule has 0 saturated heterocycles. The quantitative estimate of drug-likeness (QED) is 0.249. The van der Waals surface area contributed by atoms with Gasteiger partial charge in [0.2, 0.25) is 0 Å². The van der Waals surface area contributed by atoms with Crippen LogP contribution in [0.5, 0.6) is 5.75 Å². The van der Waals surface area contributed by atoms with E-state index in [9.17, 15) is 4.79 Å². The molecule has 0 amide bonds. The Kier molecular flexibility index (Phi) is 8.73. The van der Waals surface area contributed by atoms with Crippen molar-refractivity contribution in [3.05, 3.63) is 101 Å². The average Bonchev–Trinajstić information content (AvgIpc) is 2.83. The highest BCUT2D eigenvalue weighted by Gasteiger charge is 2.08. The van der Waals surface area contributed by atoms with E-state index < -0.39 is 0 Å². The van der Waals surface area contributed by atoms with Crippen molar-refractivity contribution in [3.63, 3.8) is 0 Å². The van der Waals surface area contributed by atoms with Crippen LogP contribution in [0.1, 0.15) is 72.1 Å². The monoisotopic (exact) mass is 420 g/mol. The summed E-state index contributed by atoms with van der Waals surface area (Å²) in [7, 11) is 0. The number of benzene rings is 3. The topological polar surface area (TPSA) is 26.3 Å². The van der Waals surface area contributed by atoms with Crippen LogP contribution in [0, 0.1) is 23.7 Å². The fraction of sp³-hybridized carbons (Fsp3) is 0.233. The molecule has 2 heteroatoms. The molecular formula is C30H28O2. The Bertz CT molecular complexity index is 1130. The van der Waals surface area contributed by atoms with Crippen molar-refractivity contribution in [2.24, 2.45) is 0 Å². The molecule has 0 heterocycles. The second kappa shape index (κ2) is 12.2. The van der Waals surface area contributed by atoms with Crippen LogP contribution in [0.25, 0.3) is 0 Å². The van der Waals surface area contributed by atoms with Gasteiger partial charge < -0.3 is 4.74 Å². The predicted molar refractivity (Wildman–Crippen MR) is 131 cm³/mol. The van der Waals surface area contributed by atoms with E-state index >= 15 is 0 Å². The van der Waals surface area contributed by atoms with E-state index in [-0.39, 0.29) is 5.97 Å². The fourth-order valence-corrected chi connectivity index (χ4v) is 3.03. The Morgan fingerprint density at radius 2 is 1.28 bits per heavy atom. The summed E-state index contributed by atoms with van der Waals surface area (Å²) in [6.07, 6.45) is 5.33. The first kappa shape index (κ1) is 22.9. The number of esters is 1. The summed E-state index contributed by atoms with van der Waals surface area (Å²) in [6, 6.07) is 22.8. The van der Waals surface area contributed by atoms with Crippen molar-refractivity contribution in [3.8, 4) is 29.4 Å². The third-order valence-corrected chi connectivity index (χ3v) is 4.92. The SMILES string of the molecule is CCCC#Cc1ccc(C#Cc2ccc(OC(=O)c3ccc(CCCC)cc3)cc2)cc1. The highest BCUT2D eigenvalue weighted by atomic mass is 16.5. The van der Waals surface area contributed by atoms with Crippen molar-refractivity contribution >= 4 is 5.97 Å². The van der Waals surface area contributed by atoms with Gasteiger partial charge in [-0.1, -0.05) is 56.1 Å². The van der Waals surface area contributed by atoms with Crippen LogP contribution in [0.2, 0.25) is 0 Å². The minimum atomic E-state index is -0.354. The van der Waals surface area contributed by atoms with Gasteiger partial charge >= 0.3 is 5.97 Å². The van der Waals surface area contributed by atoms with Crippen LogP contribution in [0.15, 0.2) is 72.8 Å². The summed E-state index contributed by atoms with van der Waals surface area (Å²) in [5.74, 6) is 12.7. The van der Waals surface area contributed by atoms with E-state index in [1.165, 1.54) is 5.56 Å². The largest absolute Gasteiger partial charge is 0.423 e. The average molecular weight is 421 g/mol. The number of hydrogen-bond acceptors (Lipinski definition) is 2. The molecule has 0 bridgehead atoms. The Balaban J connectivity index is 1.57. The van der Waals surface area contributed by atoms with E-state index in [0.29, 0.717) is 11.3 Å². The van der Waals surface area contributed by atoms with Crippen LogP contribution in [0.3, 0.4) is 0 Å². The lowest BCUT2D eigenvalue weighted by molar-refractivity contribution is 0.0734. The summed E-state index contributed by atoms with van der Waals surface area (Å²) < 4.78 is 5.49. The lowest BCUT2D eigenvalue weighted by Gasteiger charge is -2.05. The van der Waals surface area contributed by atoms with Crippen molar-refractivity contribution in [1.29, 1.82) is 0 Å². The molecule has 2 nitrogen and oxygen atoms in total. The van der Waals surface area contributed by atoms with E-state index in [1.807, 2.05) is 60.7 Å². The summed E-state index contributed by atoms with van der Waals surface area (Å²) in [5.41, 5.74) is 4.59. The number of aryl methyl sites for hydroxylation is 1. The number of unbranched alkanes of at least 4 members (excludes halogenated alkanes) is 2. The molecule has 0 spiro atoms. The first-order valence-electron chi connectivity index (χ1n) is 11.2. The molecule has 32 heavy (non-hydrogen) atoms. The maximum absolute atomic E-state index is 12.4. The van der Waals surface area contributed by atoms with Gasteiger partial charge in [-0.3, -0.25) is 0 Å². The van der Waals surface area contributed by atoms with Crippen molar-refractivity contribution in [2.45, 2.75) is 46.0 Å². The van der Waals surface area contributed by atoms with Gasteiger partial charge in [-0.15, -0.1) is 0 Å². The Morgan fingerprint density at radius 1 is 0.719 bits per heavy atom. The normalized spacial score (nSPS) is 9.81. The number of hydrogen-bond donors (Lipinski definition) is 0. The molecule has 3 aromatic carbocycles. The zero-order valence-electron chi connectivity index (χ0n) is 18.8. The van der Waals surface area contributed by atoms with Gasteiger partial charge in [0.05, 0.1) is 5.56 Å². The molecular weight excluding hydrogens is 392 g/mol. The second-order valence-electron chi connectivity index (χ2n) is 7.59. The molecule has 0 radical (unpaired) electrons. The van der Waals surface area contributed by atoms with Crippen LogP contribution in [-0.4, -0.2) is 5.97 Å². The van der Waals surface area contributed by atoms with Crippen molar-refractivity contribution in [2.75, 3.05) is 0 Å². The molecule has 0 aliphatic heterocycles. The molecule has 0 atom stereocenters. The lowest BCUT2D eigenvalue weighted by Crippen LogP contribution is -2.08. The number of carbonyl (C=O) groups is 1. The van der Waals surface area contributed by atoms with Crippen LogP contribution < -0.4 is 4.74 Å². The molecule has 0 aromatic heterocycles. The number of carbonyl (C=O) groups excluding carboxylic acids is 1. The van der Waals surface area contributed by atoms with E-state index in [2.05, 4.69) is 37.5 Å². The summed E-state index contributed by atoms with van der Waals surface area (Å²) >= 11 is 0. The third-order valence-electron chi connectivity index (χ3n) is 4.92. The van der Waals surface area contributed by atoms with Gasteiger partial charge in [-0.05, 0) is 85.5 Å². The minimum absolute atomic E-state index is 0.354. The first-order valence-corrected chi connectivity index (χ1v) is 11.2. The smallest absolute Gasteiger partial charge is 0.343 e. The summed E-state index contributed by atoms with van der Waals surface area (Å²) in [5, 5.41) is 0. The zero-order chi connectivity index (χ0) is 22.6. The van der Waals surface area contributed by atoms with Crippen molar-refractivity contribution < 1.29 is 9.53 Å². The molecule has 0 N–H and O–H groups in total. The molecule has 0 fully saturated rings. The predicted octanol–water partition coefficient (Wildman–Crippen LogP) is 6.80. The molecule has 160 valence electrons. The fourth-order valence-electron chi connectivity index (χ4n) is 3.03. The van der Waals surface area contributed by atoms with Gasteiger partial charge in [-0.2, -0.15) is 0 Å². The highest BCUT2D eigenvalue weighted by molar-refractivity contribution is 5.91. The van der Waals surface area contributed by atoms with Gasteiger partial charge in [0, 0.05) is 23.1 Å². The Hall–Kier alpha value is -3.75. The van der Waals surface area contributed by atoms with Crippen LogP contribution in [-0.2, 0) is 6.42 Å².